The lowest BCUT2D eigenvalue weighted by Gasteiger charge is -2.16. The lowest BCUT2D eigenvalue weighted by molar-refractivity contribution is 0.0600. The molecule has 0 spiro atoms. The Morgan fingerprint density at radius 1 is 1.35 bits per heavy atom. The number of hydrogen-bond donors (Lipinski definition) is 1. The van der Waals surface area contributed by atoms with Gasteiger partial charge in [0.15, 0.2) is 0 Å². The number of nitrogens with one attached hydrogen (secondary N) is 1. The molecule has 0 unspecified atom stereocenters. The summed E-state index contributed by atoms with van der Waals surface area (Å²) in [4.78, 5) is 13.5. The molecule has 1 aromatic rings. The number of benzene rings is 1. The van der Waals surface area contributed by atoms with Crippen LogP contribution in [-0.4, -0.2) is 45.2 Å². The summed E-state index contributed by atoms with van der Waals surface area (Å²) in [7, 11) is 5.41. The number of rotatable bonds is 6. The fourth-order valence-electron chi connectivity index (χ4n) is 1.56. The van der Waals surface area contributed by atoms with Crippen molar-refractivity contribution >= 4 is 5.97 Å². The van der Waals surface area contributed by atoms with E-state index in [9.17, 15) is 4.79 Å². The van der Waals surface area contributed by atoms with E-state index >= 15 is 0 Å². The highest BCUT2D eigenvalue weighted by atomic mass is 16.5. The fraction of sp³-hybridized carbons (Fsp3) is 0.462. The molecule has 0 aromatic heterocycles. The van der Waals surface area contributed by atoms with Crippen molar-refractivity contribution in [3.8, 4) is 0 Å². The van der Waals surface area contributed by atoms with Gasteiger partial charge in [-0.05, 0) is 31.8 Å². The third kappa shape index (κ3) is 4.54. The molecule has 0 radical (unpaired) electrons. The second kappa shape index (κ2) is 7.04. The minimum absolute atomic E-state index is 0.292. The lowest BCUT2D eigenvalue weighted by atomic mass is 10.1. The van der Waals surface area contributed by atoms with Gasteiger partial charge in [-0.3, -0.25) is 0 Å². The van der Waals surface area contributed by atoms with Crippen LogP contribution in [0.4, 0.5) is 0 Å². The van der Waals surface area contributed by atoms with Crippen LogP contribution < -0.4 is 5.32 Å². The molecular formula is C13H20N2O2. The minimum Gasteiger partial charge on any atom is -0.465 e. The molecule has 0 aliphatic rings. The third-order valence-corrected chi connectivity index (χ3v) is 2.57. The standard InChI is InChI=1S/C13H20N2O2/c1-14-8-9-15(2)10-11-4-6-12(7-5-11)13(16)17-3/h4-7,14H,8-10H2,1-3H3. The van der Waals surface area contributed by atoms with Crippen LogP contribution in [0.5, 0.6) is 0 Å². The molecule has 1 N–H and O–H groups in total. The zero-order valence-corrected chi connectivity index (χ0v) is 10.7. The van der Waals surface area contributed by atoms with Crippen molar-refractivity contribution in [2.75, 3.05) is 34.3 Å². The fourth-order valence-corrected chi connectivity index (χ4v) is 1.56. The Balaban J connectivity index is 2.53. The van der Waals surface area contributed by atoms with E-state index in [1.807, 2.05) is 19.2 Å². The van der Waals surface area contributed by atoms with Crippen LogP contribution in [0.1, 0.15) is 15.9 Å². The second-order valence-corrected chi connectivity index (χ2v) is 4.03. The van der Waals surface area contributed by atoms with Gasteiger partial charge in [-0.1, -0.05) is 12.1 Å². The van der Waals surface area contributed by atoms with Gasteiger partial charge in [0.25, 0.3) is 0 Å². The molecule has 0 amide bonds. The van der Waals surface area contributed by atoms with Crippen molar-refractivity contribution in [3.05, 3.63) is 35.4 Å². The summed E-state index contributed by atoms with van der Waals surface area (Å²) in [6.07, 6.45) is 0. The smallest absolute Gasteiger partial charge is 0.337 e. The van der Waals surface area contributed by atoms with Gasteiger partial charge in [0.1, 0.15) is 0 Å². The maximum Gasteiger partial charge on any atom is 0.337 e. The Labute approximate surface area is 103 Å². The summed E-state index contributed by atoms with van der Waals surface area (Å²) in [6.45, 7) is 2.84. The largest absolute Gasteiger partial charge is 0.465 e. The van der Waals surface area contributed by atoms with Crippen molar-refractivity contribution in [2.45, 2.75) is 6.54 Å². The predicted molar refractivity (Wildman–Crippen MR) is 68.0 cm³/mol. The number of nitrogens with zero attached hydrogens (tertiary/aromatic N) is 1. The number of ether oxygens (including phenoxy) is 1. The van der Waals surface area contributed by atoms with Crippen LogP contribution in [0.15, 0.2) is 24.3 Å². The van der Waals surface area contributed by atoms with E-state index in [4.69, 9.17) is 0 Å². The van der Waals surface area contributed by atoms with Gasteiger partial charge < -0.3 is 15.0 Å². The molecule has 0 heterocycles. The Hall–Kier alpha value is -1.39. The number of carbonyl (C=O) groups is 1. The number of carbonyl (C=O) groups excluding carboxylic acids is 1. The second-order valence-electron chi connectivity index (χ2n) is 4.03. The number of esters is 1. The SMILES string of the molecule is CNCCN(C)Cc1ccc(C(=O)OC)cc1. The van der Waals surface area contributed by atoms with Crippen LogP contribution in [0.3, 0.4) is 0 Å². The number of methoxy groups -OCH3 is 1. The first-order chi connectivity index (χ1) is 8.17. The average Bonchev–Trinajstić information content (AvgIpc) is 2.36. The number of likely N-dealkylation sites (N-methyl/N-ethyl adjacent to an activating group) is 2. The quantitative estimate of drug-likeness (QED) is 0.752. The molecule has 1 aromatic carbocycles. The predicted octanol–water partition coefficient (Wildman–Crippen LogP) is 1.12. The average molecular weight is 236 g/mol. The molecule has 4 heteroatoms. The molecule has 0 saturated carbocycles. The van der Waals surface area contributed by atoms with Gasteiger partial charge in [0.2, 0.25) is 0 Å². The van der Waals surface area contributed by atoms with E-state index in [-0.39, 0.29) is 5.97 Å². The van der Waals surface area contributed by atoms with Crippen LogP contribution in [0, 0.1) is 0 Å². The highest BCUT2D eigenvalue weighted by Gasteiger charge is 2.05. The Morgan fingerprint density at radius 3 is 2.53 bits per heavy atom. The Kier molecular flexibility index (Phi) is 5.66. The van der Waals surface area contributed by atoms with Crippen molar-refractivity contribution < 1.29 is 9.53 Å². The molecule has 0 aliphatic carbocycles. The van der Waals surface area contributed by atoms with Crippen LogP contribution in [-0.2, 0) is 11.3 Å². The van der Waals surface area contributed by atoms with Crippen LogP contribution in [0.2, 0.25) is 0 Å². The van der Waals surface area contributed by atoms with Crippen molar-refractivity contribution in [1.29, 1.82) is 0 Å². The maximum absolute atomic E-state index is 11.2. The van der Waals surface area contributed by atoms with E-state index in [0.717, 1.165) is 19.6 Å². The molecule has 94 valence electrons. The van der Waals surface area contributed by atoms with Gasteiger partial charge in [-0.15, -0.1) is 0 Å². The lowest BCUT2D eigenvalue weighted by Crippen LogP contribution is -2.26. The topological polar surface area (TPSA) is 41.6 Å². The minimum atomic E-state index is -0.292. The van der Waals surface area contributed by atoms with Gasteiger partial charge in [0, 0.05) is 19.6 Å². The zero-order valence-electron chi connectivity index (χ0n) is 10.7. The maximum atomic E-state index is 11.2. The van der Waals surface area contributed by atoms with Gasteiger partial charge in [-0.25, -0.2) is 4.79 Å². The van der Waals surface area contributed by atoms with Gasteiger partial charge in [-0.2, -0.15) is 0 Å². The first-order valence-corrected chi connectivity index (χ1v) is 5.67. The monoisotopic (exact) mass is 236 g/mol. The summed E-state index contributed by atoms with van der Waals surface area (Å²) in [6, 6.07) is 7.52. The van der Waals surface area contributed by atoms with Crippen molar-refractivity contribution in [2.24, 2.45) is 0 Å². The normalized spacial score (nSPS) is 10.6. The molecule has 0 aliphatic heterocycles. The summed E-state index contributed by atoms with van der Waals surface area (Å²) < 4.78 is 4.65. The first kappa shape index (κ1) is 13.7. The molecular weight excluding hydrogens is 216 g/mol. The molecule has 17 heavy (non-hydrogen) atoms. The first-order valence-electron chi connectivity index (χ1n) is 5.67. The van der Waals surface area contributed by atoms with Gasteiger partial charge in [0.05, 0.1) is 12.7 Å². The van der Waals surface area contributed by atoms with Gasteiger partial charge >= 0.3 is 5.97 Å². The van der Waals surface area contributed by atoms with E-state index in [0.29, 0.717) is 5.56 Å². The third-order valence-electron chi connectivity index (χ3n) is 2.57. The molecule has 0 bridgehead atoms. The molecule has 0 fully saturated rings. The van der Waals surface area contributed by atoms with Crippen LogP contribution in [0.25, 0.3) is 0 Å². The zero-order chi connectivity index (χ0) is 12.7. The molecule has 1 rings (SSSR count). The number of hydrogen-bond acceptors (Lipinski definition) is 4. The van der Waals surface area contributed by atoms with Crippen LogP contribution >= 0.6 is 0 Å². The summed E-state index contributed by atoms with van der Waals surface area (Å²) in [5, 5.41) is 3.11. The van der Waals surface area contributed by atoms with Crippen molar-refractivity contribution in [1.82, 2.24) is 10.2 Å². The highest BCUT2D eigenvalue weighted by Crippen LogP contribution is 2.07. The summed E-state index contributed by atoms with van der Waals surface area (Å²) >= 11 is 0. The Morgan fingerprint density at radius 2 is 2.00 bits per heavy atom. The highest BCUT2D eigenvalue weighted by molar-refractivity contribution is 5.89. The van der Waals surface area contributed by atoms with E-state index in [2.05, 4.69) is 22.0 Å². The van der Waals surface area contributed by atoms with Crippen molar-refractivity contribution in [3.63, 3.8) is 0 Å². The molecule has 0 atom stereocenters. The Bertz CT molecular complexity index is 349. The van der Waals surface area contributed by atoms with E-state index < -0.39 is 0 Å². The summed E-state index contributed by atoms with van der Waals surface area (Å²) in [5.41, 5.74) is 1.78. The molecule has 0 saturated heterocycles. The summed E-state index contributed by atoms with van der Waals surface area (Å²) in [5.74, 6) is -0.292. The van der Waals surface area contributed by atoms with E-state index in [1.54, 1.807) is 12.1 Å². The molecule has 4 nitrogen and oxygen atoms in total. The van der Waals surface area contributed by atoms with E-state index in [1.165, 1.54) is 12.7 Å².